The van der Waals surface area contributed by atoms with Crippen molar-refractivity contribution in [1.82, 2.24) is 0 Å². The quantitative estimate of drug-likeness (QED) is 0.135. The summed E-state index contributed by atoms with van der Waals surface area (Å²) in [5.41, 5.74) is -7.51. The topological polar surface area (TPSA) is 39.4 Å². The molecule has 0 saturated carbocycles. The van der Waals surface area contributed by atoms with E-state index in [1.807, 2.05) is 84.9 Å². The van der Waals surface area contributed by atoms with Crippen LogP contribution in [0.5, 0.6) is 0 Å². The summed E-state index contributed by atoms with van der Waals surface area (Å²) in [6.07, 6.45) is 0. The second kappa shape index (κ2) is 33.9. The minimum atomic E-state index is -0.975. The first-order valence-corrected chi connectivity index (χ1v) is 44.5. The third-order valence-corrected chi connectivity index (χ3v) is 25.7. The predicted octanol–water partition coefficient (Wildman–Crippen LogP) is 40.8. The van der Waals surface area contributed by atoms with E-state index in [-0.39, 0.29) is 82.2 Å². The molecule has 0 atom stereocenters. The minimum absolute atomic E-state index is 0.0139. The molecular formula is C142H86O3. The van der Waals surface area contributed by atoms with E-state index in [9.17, 15) is 28.8 Å². The average Bonchev–Trinajstić information content (AvgIpc) is 0.858. The Hall–Kier alpha value is -19.1. The van der Waals surface area contributed by atoms with Crippen LogP contribution in [0.1, 0.15) is 91.8 Å². The predicted molar refractivity (Wildman–Crippen MR) is 618 cm³/mol. The molecule has 0 unspecified atom stereocenters. The molecule has 0 N–H and O–H groups in total. The molecule has 0 aliphatic rings. The van der Waals surface area contributed by atoms with Gasteiger partial charge in [-0.15, -0.1) is 0 Å². The highest BCUT2D eigenvalue weighted by atomic mass is 16.3. The molecule has 0 amide bonds. The van der Waals surface area contributed by atoms with Crippen molar-refractivity contribution in [3.05, 3.63) is 520 Å². The van der Waals surface area contributed by atoms with E-state index in [1.165, 1.54) is 12.1 Å². The molecule has 3 nitrogen and oxygen atoms in total. The summed E-state index contributed by atoms with van der Waals surface area (Å²) in [7, 11) is 0. The Balaban J connectivity index is 0.000000136. The Labute approximate surface area is 929 Å². The van der Waals surface area contributed by atoms with Gasteiger partial charge >= 0.3 is 0 Å². The van der Waals surface area contributed by atoms with Crippen molar-refractivity contribution in [2.24, 2.45) is 0 Å². The van der Waals surface area contributed by atoms with E-state index < -0.39 is 569 Å². The monoisotopic (exact) mass is 1910 g/mol. The van der Waals surface area contributed by atoms with E-state index >= 15 is 0 Å². The van der Waals surface area contributed by atoms with Gasteiger partial charge in [-0.2, -0.15) is 0 Å². The van der Waals surface area contributed by atoms with Crippen LogP contribution in [0.15, 0.2) is 533 Å². The normalized spacial score (nSPS) is 18.3. The van der Waals surface area contributed by atoms with E-state index in [0.29, 0.717) is 38.6 Å². The van der Waals surface area contributed by atoms with Gasteiger partial charge in [0.15, 0.2) is 0 Å². The lowest BCUT2D eigenvalue weighted by atomic mass is 9.81. The summed E-state index contributed by atoms with van der Waals surface area (Å²) in [5.74, 6) is 0. The summed E-state index contributed by atoms with van der Waals surface area (Å²) in [4.78, 5) is 0. The molecule has 31 aromatic rings. The first kappa shape index (κ1) is 40.3. The number of benzene rings is 28. The van der Waals surface area contributed by atoms with Crippen molar-refractivity contribution in [3.8, 4) is 100 Å². The molecule has 672 valence electrons. The molecule has 3 heterocycles. The Morgan fingerprint density at radius 1 is 0.131 bits per heavy atom. The smallest absolute Gasteiger partial charge is 0.143 e. The van der Waals surface area contributed by atoms with E-state index in [1.54, 1.807) is 6.07 Å². The van der Waals surface area contributed by atoms with Crippen LogP contribution in [-0.4, -0.2) is 0 Å². The SMILES string of the molecule is [2H]c1c([2H])c([2H])c(-c2c3c([2H])c([2H])c([2H])c([2H])c3c(-c3c([2H])c([2H])c([2H])c4c([2H])c([2H])c([2H])c([2H])c34)c3c([2H])c([2H])c([2H])c([2H])c23)c(-c2ccc([2H])c3c2oc2c([2H])c([2H])c4c([2H])c([2H])c([2H])c([2H])c4c23)c1[2H].[2H]c1c([2H])c([2H])c(-c2c3c([2H])c([2H])c([2H])c([2H])c3c(-c3c([2H])c([2H])c4c([2H])c([2H])c([2H])c([2H])c4c3[2H])c3c([2H])c([2H])c([2H])c([2H])c23)c(-c2ccc([2H])c3c2oc2c([2H])c([2H])c4c([2H])c([2H])c([2H])c([2H])c4c23)c1[2H].[2H]c1c([2H])c([2H])c2c([2H])c(-c3c4c([2H])c([2H])c([2H])c([2H])c4c(-c4c(-c5cccc6c5oc5ccc7ccccc7c56)ccc5ccccc45)c4c([2H])c([2H])c([2H])c([2H])c34)c([2H])c([2H])c2c1[2H]. The van der Waals surface area contributed by atoms with E-state index in [4.69, 9.17) is 76.3 Å². The van der Waals surface area contributed by atoms with Crippen LogP contribution in [0.2, 0.25) is 0 Å². The Morgan fingerprint density at radius 2 is 0.441 bits per heavy atom. The molecular weight excluding hydrogens is 1750 g/mol. The van der Waals surface area contributed by atoms with Gasteiger partial charge < -0.3 is 13.3 Å². The lowest BCUT2D eigenvalue weighted by Crippen LogP contribution is -1.94. The van der Waals surface area contributed by atoms with Gasteiger partial charge in [0.25, 0.3) is 0 Å². The number of rotatable bonds is 9. The summed E-state index contributed by atoms with van der Waals surface area (Å²) < 4.78 is 625. The molecule has 3 heteroatoms. The zero-order valence-corrected chi connectivity index (χ0v) is 73.7. The van der Waals surface area contributed by atoms with Crippen LogP contribution in [0.4, 0.5) is 0 Å². The zero-order chi connectivity index (χ0) is 154. The lowest BCUT2D eigenvalue weighted by Gasteiger charge is -2.21. The molecule has 0 aliphatic heterocycles. The highest BCUT2D eigenvalue weighted by molar-refractivity contribution is 6.32. The van der Waals surface area contributed by atoms with Gasteiger partial charge in [-0.25, -0.2) is 0 Å². The molecule has 0 spiro atoms. The molecule has 28 aromatic carbocycles. The third-order valence-electron chi connectivity index (χ3n) is 25.7. The van der Waals surface area contributed by atoms with Gasteiger partial charge in [0, 0.05) is 49.0 Å². The summed E-state index contributed by atoms with van der Waals surface area (Å²) in [5, 5.41) is -7.42. The highest BCUT2D eigenvalue weighted by Crippen LogP contribution is 2.56. The first-order valence-electron chi connectivity index (χ1n) is 78.0. The fourth-order valence-corrected chi connectivity index (χ4v) is 19.7. The zero-order valence-electron chi connectivity index (χ0n) is 141. The lowest BCUT2D eigenvalue weighted by molar-refractivity contribution is 0.670. The molecule has 0 radical (unpaired) electrons. The van der Waals surface area contributed by atoms with Crippen LogP contribution >= 0.6 is 0 Å². The van der Waals surface area contributed by atoms with E-state index in [0.717, 1.165) is 33.7 Å². The molecule has 3 aromatic heterocycles. The number of fused-ring (bicyclic) bond motifs is 25. The van der Waals surface area contributed by atoms with Crippen LogP contribution in [0, 0.1) is 0 Å². The van der Waals surface area contributed by atoms with Gasteiger partial charge in [0.2, 0.25) is 0 Å². The van der Waals surface area contributed by atoms with Gasteiger partial charge in [-0.1, -0.05) is 490 Å². The second-order valence-electron chi connectivity index (χ2n) is 33.2. The maximum absolute atomic E-state index is 9.70. The van der Waals surface area contributed by atoms with Gasteiger partial charge in [0.1, 0.15) is 33.5 Å². The van der Waals surface area contributed by atoms with Crippen LogP contribution in [0.25, 0.3) is 306 Å². The maximum atomic E-state index is 9.70. The van der Waals surface area contributed by atoms with Crippen molar-refractivity contribution in [3.63, 3.8) is 0 Å². The molecule has 0 fully saturated rings. The highest BCUT2D eigenvalue weighted by Gasteiger charge is 2.29. The number of hydrogen-bond acceptors (Lipinski definition) is 3. The van der Waals surface area contributed by atoms with Crippen LogP contribution in [-0.2, 0) is 0 Å². The molecule has 31 rings (SSSR count). The Bertz CT molecular complexity index is 15000. The van der Waals surface area contributed by atoms with Crippen molar-refractivity contribution in [2.75, 3.05) is 0 Å². The van der Waals surface area contributed by atoms with Gasteiger partial charge in [0.05, 0.1) is 91.8 Å². The number of para-hydroxylation sites is 3. The van der Waals surface area contributed by atoms with Crippen LogP contribution < -0.4 is 0 Å². The number of furan rings is 3. The summed E-state index contributed by atoms with van der Waals surface area (Å²) in [6.45, 7) is 0. The fourth-order valence-electron chi connectivity index (χ4n) is 19.7. The Kier molecular flexibility index (Phi) is 9.42. The van der Waals surface area contributed by atoms with Crippen molar-refractivity contribution in [1.29, 1.82) is 0 Å². The largest absolute Gasteiger partial charge is 0.455 e. The van der Waals surface area contributed by atoms with E-state index in [2.05, 4.69) is 0 Å². The van der Waals surface area contributed by atoms with Crippen molar-refractivity contribution in [2.45, 2.75) is 0 Å². The molecule has 0 saturated heterocycles. The first-order chi connectivity index (χ1) is 99.8. The van der Waals surface area contributed by atoms with Crippen molar-refractivity contribution < 1.29 is 105 Å². The summed E-state index contributed by atoms with van der Waals surface area (Å²) >= 11 is 0. The third kappa shape index (κ3) is 13.4. The van der Waals surface area contributed by atoms with Crippen molar-refractivity contribution >= 4 is 206 Å². The van der Waals surface area contributed by atoms with Gasteiger partial charge in [-0.05, 0) is 254 Å². The molecule has 0 aliphatic carbocycles. The minimum Gasteiger partial charge on any atom is -0.455 e. The van der Waals surface area contributed by atoms with Gasteiger partial charge in [-0.3, -0.25) is 0 Å². The fraction of sp³-hybridized carbons (Fsp3) is 0. The second-order valence-corrected chi connectivity index (χ2v) is 33.2. The molecule has 0 bridgehead atoms. The average molecular weight is 1910 g/mol. The van der Waals surface area contributed by atoms with Crippen LogP contribution in [0.3, 0.4) is 0 Å². The standard InChI is InChI=1S/C50H30O.2C46H28O/c1-2-15-34-30-35(25-24-31(34)12-1)46-38-18-7-9-20-40(38)49(41-21-10-8-19-39(41)46)48-37-17-6-4-13-32(37)26-28-42(48)43-22-11-23-44-47-36-16-5-3-14-33(36)27-29-45(47)51-50(43)44;1-3-16-31-29(13-1)15-11-24-34(31)43-36-20-7-9-22-38(36)44(39-23-10-8-21-37(39)43)35-19-6-5-18-33(35)40-25-12-26-41-45-32-17-4-2-14-30(32)27-28-42(45)47-46(40)41;1-2-14-31-28-32(25-24-29(31)12-1)43-36-18-7-9-20-38(36)44(39-21-10-8-19-37(39)43)35-17-6-5-16-34(35)40-22-11-23-41-45-33-15-4-3-13-30(33)26-27-42(45)47-46(40)41/h1-30H;2*1-28H/i1D,2D,7D,8D,9D,10D,12D,15D,18D,19D,20D,21D,24D,25D,30D;1D,2D,3D,4D,5D,6D,7D,8D,9D,10D,11D,13D,14D,15D,16D,17D,18D,19D,20D,21D,22D,23D,24D,26D,27D,28D;1D,2D,3D,4D,5D,6D,7D,8D,9D,10D,12D,13D,14D,15D,16D,17D,18D,19D,20D,21D,23D,24D,25D,26D,27D,28D. The molecule has 145 heavy (non-hydrogen) atoms. The Morgan fingerprint density at radius 3 is 0.917 bits per heavy atom. The number of hydrogen-bond donors (Lipinski definition) is 0. The summed E-state index contributed by atoms with van der Waals surface area (Å²) in [6, 6.07) is -21.3. The maximum Gasteiger partial charge on any atom is 0.143 e.